The second kappa shape index (κ2) is 8.32. The molecule has 31 heavy (non-hydrogen) atoms. The molecule has 3 aromatic carbocycles. The maximum atomic E-state index is 13.3. The number of ether oxygens (including phenoxy) is 1. The number of thiazole rings is 1. The predicted octanol–water partition coefficient (Wildman–Crippen LogP) is 4.50. The summed E-state index contributed by atoms with van der Waals surface area (Å²) >= 11 is 1.15. The maximum absolute atomic E-state index is 13.3. The third-order valence-corrected chi connectivity index (χ3v) is 6.67. The van der Waals surface area contributed by atoms with Crippen LogP contribution in [0, 0.1) is 5.82 Å². The number of carbonyl (C=O) groups excluding carboxylic acids is 1. The first-order chi connectivity index (χ1) is 14.8. The van der Waals surface area contributed by atoms with Crippen molar-refractivity contribution in [3.63, 3.8) is 0 Å². The number of nitrogens with zero attached hydrogens (tertiary/aromatic N) is 1. The monoisotopic (exact) mass is 457 g/mol. The molecule has 0 bridgehead atoms. The van der Waals surface area contributed by atoms with Crippen molar-refractivity contribution >= 4 is 48.3 Å². The summed E-state index contributed by atoms with van der Waals surface area (Å²) in [5, 5.41) is 2.97. The van der Waals surface area contributed by atoms with Gasteiger partial charge in [0.25, 0.3) is 15.9 Å². The van der Waals surface area contributed by atoms with Crippen LogP contribution < -0.4 is 14.8 Å². The number of methoxy groups -OCH3 is 1. The van der Waals surface area contributed by atoms with Gasteiger partial charge in [0.05, 0.1) is 22.2 Å². The fourth-order valence-corrected chi connectivity index (χ4v) is 4.72. The largest absolute Gasteiger partial charge is 0.497 e. The van der Waals surface area contributed by atoms with Gasteiger partial charge < -0.3 is 4.74 Å². The Morgan fingerprint density at radius 2 is 1.74 bits per heavy atom. The maximum Gasteiger partial charge on any atom is 0.261 e. The number of anilines is 2. The minimum atomic E-state index is -3.82. The first kappa shape index (κ1) is 20.8. The summed E-state index contributed by atoms with van der Waals surface area (Å²) in [6.07, 6.45) is 0. The van der Waals surface area contributed by atoms with E-state index in [2.05, 4.69) is 15.0 Å². The Labute approximate surface area is 181 Å². The van der Waals surface area contributed by atoms with E-state index in [9.17, 15) is 17.6 Å². The number of fused-ring (bicyclic) bond motifs is 1. The molecule has 1 aromatic heterocycles. The van der Waals surface area contributed by atoms with Gasteiger partial charge >= 0.3 is 0 Å². The zero-order valence-corrected chi connectivity index (χ0v) is 17.8. The average Bonchev–Trinajstić information content (AvgIpc) is 3.15. The van der Waals surface area contributed by atoms with E-state index >= 15 is 0 Å². The number of aromatic nitrogens is 1. The standard InChI is InChI=1S/C21H16FN3O4S2/c1-29-16-7-5-15(6-8-16)25-31(27,28)17-9-2-13(3-10-17)20(26)24-21-23-18-11-4-14(22)12-19(18)30-21/h2-12,25H,1H3,(H,23,24,26). The Bertz CT molecular complexity index is 1350. The molecule has 0 saturated heterocycles. The van der Waals surface area contributed by atoms with Crippen LogP contribution in [0.25, 0.3) is 10.2 Å². The number of amides is 1. The van der Waals surface area contributed by atoms with E-state index < -0.39 is 15.9 Å². The Balaban J connectivity index is 1.47. The molecule has 0 spiro atoms. The van der Waals surface area contributed by atoms with E-state index in [-0.39, 0.29) is 16.3 Å². The molecule has 0 aliphatic carbocycles. The predicted molar refractivity (Wildman–Crippen MR) is 118 cm³/mol. The molecule has 10 heteroatoms. The lowest BCUT2D eigenvalue weighted by molar-refractivity contribution is 0.102. The van der Waals surface area contributed by atoms with Crippen LogP contribution in [0.2, 0.25) is 0 Å². The summed E-state index contributed by atoms with van der Waals surface area (Å²) in [6, 6.07) is 16.1. The third kappa shape index (κ3) is 4.65. The molecule has 0 fully saturated rings. The highest BCUT2D eigenvalue weighted by molar-refractivity contribution is 7.92. The van der Waals surface area contributed by atoms with E-state index in [1.807, 2.05) is 0 Å². The summed E-state index contributed by atoms with van der Waals surface area (Å²) in [6.45, 7) is 0. The summed E-state index contributed by atoms with van der Waals surface area (Å²) < 4.78 is 46.6. The van der Waals surface area contributed by atoms with Gasteiger partial charge in [-0.05, 0) is 66.7 Å². The number of sulfonamides is 1. The molecule has 2 N–H and O–H groups in total. The van der Waals surface area contributed by atoms with E-state index in [1.165, 1.54) is 49.6 Å². The van der Waals surface area contributed by atoms with Gasteiger partial charge in [0, 0.05) is 11.3 Å². The number of carbonyl (C=O) groups is 1. The van der Waals surface area contributed by atoms with Crippen molar-refractivity contribution in [1.82, 2.24) is 4.98 Å². The van der Waals surface area contributed by atoms with E-state index in [0.717, 1.165) is 11.3 Å². The molecule has 0 aliphatic rings. The van der Waals surface area contributed by atoms with Gasteiger partial charge in [-0.15, -0.1) is 0 Å². The number of hydrogen-bond acceptors (Lipinski definition) is 6. The lowest BCUT2D eigenvalue weighted by Crippen LogP contribution is -2.14. The highest BCUT2D eigenvalue weighted by atomic mass is 32.2. The quantitative estimate of drug-likeness (QED) is 0.444. The van der Waals surface area contributed by atoms with Gasteiger partial charge in [-0.25, -0.2) is 17.8 Å². The Hall–Kier alpha value is -3.50. The Kier molecular flexibility index (Phi) is 5.57. The van der Waals surface area contributed by atoms with Crippen molar-refractivity contribution in [3.05, 3.63) is 78.1 Å². The third-order valence-electron chi connectivity index (χ3n) is 4.34. The molecular weight excluding hydrogens is 441 g/mol. The molecule has 0 aliphatic heterocycles. The van der Waals surface area contributed by atoms with Gasteiger partial charge in [0.2, 0.25) is 0 Å². The van der Waals surface area contributed by atoms with Crippen molar-refractivity contribution in [2.75, 3.05) is 17.1 Å². The van der Waals surface area contributed by atoms with Crippen molar-refractivity contribution < 1.29 is 22.3 Å². The van der Waals surface area contributed by atoms with Crippen LogP contribution in [0.5, 0.6) is 5.75 Å². The summed E-state index contributed by atoms with van der Waals surface area (Å²) in [5.74, 6) is -0.225. The summed E-state index contributed by atoms with van der Waals surface area (Å²) in [7, 11) is -2.30. The second-order valence-corrected chi connectivity index (χ2v) is 9.16. The molecule has 1 amide bonds. The molecule has 0 saturated carbocycles. The lowest BCUT2D eigenvalue weighted by Gasteiger charge is -2.09. The van der Waals surface area contributed by atoms with Crippen LogP contribution in [0.3, 0.4) is 0 Å². The number of hydrogen-bond donors (Lipinski definition) is 2. The van der Waals surface area contributed by atoms with E-state index in [1.54, 1.807) is 24.3 Å². The highest BCUT2D eigenvalue weighted by Crippen LogP contribution is 2.27. The zero-order chi connectivity index (χ0) is 22.0. The van der Waals surface area contributed by atoms with Crippen LogP contribution in [-0.2, 0) is 10.0 Å². The summed E-state index contributed by atoms with van der Waals surface area (Å²) in [5.41, 5.74) is 1.22. The fourth-order valence-electron chi connectivity index (χ4n) is 2.78. The van der Waals surface area contributed by atoms with Gasteiger partial charge in [0.1, 0.15) is 11.6 Å². The molecular formula is C21H16FN3O4S2. The van der Waals surface area contributed by atoms with Crippen molar-refractivity contribution in [1.29, 1.82) is 0 Å². The van der Waals surface area contributed by atoms with Crippen LogP contribution in [0.1, 0.15) is 10.4 Å². The van der Waals surface area contributed by atoms with Gasteiger partial charge in [0.15, 0.2) is 5.13 Å². The average molecular weight is 458 g/mol. The van der Waals surface area contributed by atoms with E-state index in [0.29, 0.717) is 26.8 Å². The zero-order valence-electron chi connectivity index (χ0n) is 16.1. The van der Waals surface area contributed by atoms with Crippen molar-refractivity contribution in [2.45, 2.75) is 4.90 Å². The first-order valence-corrected chi connectivity index (χ1v) is 11.3. The van der Waals surface area contributed by atoms with Gasteiger partial charge in [-0.1, -0.05) is 11.3 Å². The minimum absolute atomic E-state index is 0.00957. The second-order valence-electron chi connectivity index (χ2n) is 6.44. The number of benzene rings is 3. The Morgan fingerprint density at radius 1 is 1.03 bits per heavy atom. The number of rotatable bonds is 6. The molecule has 0 radical (unpaired) electrons. The lowest BCUT2D eigenvalue weighted by atomic mass is 10.2. The summed E-state index contributed by atoms with van der Waals surface area (Å²) in [4.78, 5) is 16.7. The number of nitrogens with one attached hydrogen (secondary N) is 2. The molecule has 0 atom stereocenters. The molecule has 0 unspecified atom stereocenters. The first-order valence-electron chi connectivity index (χ1n) is 8.98. The van der Waals surface area contributed by atoms with E-state index in [4.69, 9.17) is 4.74 Å². The normalized spacial score (nSPS) is 11.3. The van der Waals surface area contributed by atoms with Crippen LogP contribution >= 0.6 is 11.3 Å². The highest BCUT2D eigenvalue weighted by Gasteiger charge is 2.16. The minimum Gasteiger partial charge on any atom is -0.497 e. The molecule has 1 heterocycles. The number of halogens is 1. The smallest absolute Gasteiger partial charge is 0.261 e. The van der Waals surface area contributed by atoms with Crippen molar-refractivity contribution in [2.24, 2.45) is 0 Å². The van der Waals surface area contributed by atoms with Crippen LogP contribution in [0.4, 0.5) is 15.2 Å². The topological polar surface area (TPSA) is 97.4 Å². The van der Waals surface area contributed by atoms with Gasteiger partial charge in [-0.3, -0.25) is 14.8 Å². The van der Waals surface area contributed by atoms with Crippen LogP contribution in [-0.4, -0.2) is 26.4 Å². The molecule has 158 valence electrons. The molecule has 4 rings (SSSR count). The van der Waals surface area contributed by atoms with Crippen LogP contribution in [0.15, 0.2) is 71.6 Å². The Morgan fingerprint density at radius 3 is 2.42 bits per heavy atom. The van der Waals surface area contributed by atoms with Gasteiger partial charge in [-0.2, -0.15) is 0 Å². The SMILES string of the molecule is COc1ccc(NS(=O)(=O)c2ccc(C(=O)Nc3nc4ccc(F)cc4s3)cc2)cc1. The molecule has 4 aromatic rings. The fraction of sp³-hybridized carbons (Fsp3) is 0.0476. The van der Waals surface area contributed by atoms with Crippen molar-refractivity contribution in [3.8, 4) is 5.75 Å². The molecule has 7 nitrogen and oxygen atoms in total.